The van der Waals surface area contributed by atoms with Crippen molar-refractivity contribution in [1.29, 1.82) is 0 Å². The molecule has 0 aliphatic rings. The summed E-state index contributed by atoms with van der Waals surface area (Å²) in [5.74, 6) is 0. The number of hydrogen-bond acceptors (Lipinski definition) is 2. The van der Waals surface area contributed by atoms with Gasteiger partial charge in [0.05, 0.1) is 5.52 Å². The van der Waals surface area contributed by atoms with Crippen molar-refractivity contribution in [3.8, 4) is 11.1 Å². The van der Waals surface area contributed by atoms with E-state index >= 15 is 0 Å². The van der Waals surface area contributed by atoms with Crippen LogP contribution in [0.25, 0.3) is 22.0 Å². The summed E-state index contributed by atoms with van der Waals surface area (Å²) < 4.78 is 0. The highest BCUT2D eigenvalue weighted by Crippen LogP contribution is 2.27. The van der Waals surface area contributed by atoms with Gasteiger partial charge in [0.2, 0.25) is 0 Å². The van der Waals surface area contributed by atoms with E-state index in [1.807, 2.05) is 30.3 Å². The molecule has 0 radical (unpaired) electrons. The van der Waals surface area contributed by atoms with Crippen LogP contribution >= 0.6 is 11.6 Å². The van der Waals surface area contributed by atoms with E-state index in [0.29, 0.717) is 11.6 Å². The highest BCUT2D eigenvalue weighted by atomic mass is 35.5. The third kappa shape index (κ3) is 2.33. The van der Waals surface area contributed by atoms with Crippen molar-refractivity contribution in [3.63, 3.8) is 0 Å². The Balaban J connectivity index is 2.11. The number of benzene rings is 2. The molecule has 3 rings (SSSR count). The highest BCUT2D eigenvalue weighted by Gasteiger charge is 2.04. The molecule has 0 saturated heterocycles. The summed E-state index contributed by atoms with van der Waals surface area (Å²) in [5, 5.41) is 1.84. The summed E-state index contributed by atoms with van der Waals surface area (Å²) in [4.78, 5) is 4.32. The maximum Gasteiger partial charge on any atom is 0.0702 e. The van der Waals surface area contributed by atoms with E-state index in [0.717, 1.165) is 27.6 Å². The number of hydrogen-bond donors (Lipinski definition) is 1. The van der Waals surface area contributed by atoms with Gasteiger partial charge in [-0.05, 0) is 41.0 Å². The fourth-order valence-electron chi connectivity index (χ4n) is 2.15. The molecule has 0 spiro atoms. The molecule has 3 aromatic rings. The van der Waals surface area contributed by atoms with Crippen LogP contribution in [-0.4, -0.2) is 4.98 Å². The molecule has 0 aliphatic carbocycles. The molecule has 0 fully saturated rings. The van der Waals surface area contributed by atoms with Gasteiger partial charge < -0.3 is 5.73 Å². The number of fused-ring (bicyclic) bond motifs is 1. The van der Waals surface area contributed by atoms with Crippen molar-refractivity contribution in [2.45, 2.75) is 6.54 Å². The Labute approximate surface area is 116 Å². The molecule has 2 aromatic carbocycles. The summed E-state index contributed by atoms with van der Waals surface area (Å²) in [6.45, 7) is 0.459. The number of rotatable bonds is 2. The monoisotopic (exact) mass is 268 g/mol. The van der Waals surface area contributed by atoms with E-state index in [4.69, 9.17) is 17.3 Å². The van der Waals surface area contributed by atoms with Gasteiger partial charge in [-0.1, -0.05) is 35.9 Å². The van der Waals surface area contributed by atoms with E-state index in [9.17, 15) is 0 Å². The van der Waals surface area contributed by atoms with Crippen molar-refractivity contribution in [1.82, 2.24) is 4.98 Å². The average molecular weight is 269 g/mol. The summed E-state index contributed by atoms with van der Waals surface area (Å²) in [5.41, 5.74) is 9.80. The summed E-state index contributed by atoms with van der Waals surface area (Å²) >= 11 is 6.21. The SMILES string of the molecule is NCc1ccc(-c2ccc3ncccc3c2)cc1Cl. The van der Waals surface area contributed by atoms with Crippen LogP contribution in [-0.2, 0) is 6.54 Å². The van der Waals surface area contributed by atoms with Gasteiger partial charge in [-0.15, -0.1) is 0 Å². The van der Waals surface area contributed by atoms with Crippen molar-refractivity contribution < 1.29 is 0 Å². The van der Waals surface area contributed by atoms with Gasteiger partial charge >= 0.3 is 0 Å². The first-order valence-electron chi connectivity index (χ1n) is 6.11. The van der Waals surface area contributed by atoms with E-state index < -0.39 is 0 Å². The molecule has 2 N–H and O–H groups in total. The second kappa shape index (κ2) is 5.00. The lowest BCUT2D eigenvalue weighted by Gasteiger charge is -2.07. The number of aromatic nitrogens is 1. The van der Waals surface area contributed by atoms with E-state index in [2.05, 4.69) is 23.2 Å². The minimum absolute atomic E-state index is 0.459. The van der Waals surface area contributed by atoms with Crippen molar-refractivity contribution in [3.05, 3.63) is 65.3 Å². The number of nitrogens with zero attached hydrogens (tertiary/aromatic N) is 1. The van der Waals surface area contributed by atoms with Crippen LogP contribution in [0.1, 0.15) is 5.56 Å². The molecule has 94 valence electrons. The molecule has 1 aromatic heterocycles. The number of nitrogens with two attached hydrogens (primary N) is 1. The molecule has 1 heterocycles. The van der Waals surface area contributed by atoms with Gasteiger partial charge in [0.15, 0.2) is 0 Å². The van der Waals surface area contributed by atoms with Gasteiger partial charge in [0.25, 0.3) is 0 Å². The quantitative estimate of drug-likeness (QED) is 0.763. The van der Waals surface area contributed by atoms with Gasteiger partial charge in [0.1, 0.15) is 0 Å². The maximum atomic E-state index is 6.21. The molecular formula is C16H13ClN2. The first-order chi connectivity index (χ1) is 9.28. The molecule has 0 bridgehead atoms. The Hall–Kier alpha value is -1.90. The number of halogens is 1. The smallest absolute Gasteiger partial charge is 0.0702 e. The summed E-state index contributed by atoms with van der Waals surface area (Å²) in [7, 11) is 0. The molecule has 0 atom stereocenters. The third-order valence-corrected chi connectivity index (χ3v) is 3.56. The minimum atomic E-state index is 0.459. The molecule has 0 saturated carbocycles. The predicted octanol–water partition coefficient (Wildman–Crippen LogP) is 4.01. The first-order valence-corrected chi connectivity index (χ1v) is 6.49. The molecule has 0 unspecified atom stereocenters. The normalized spacial score (nSPS) is 10.8. The van der Waals surface area contributed by atoms with Crippen LogP contribution in [0.5, 0.6) is 0 Å². The van der Waals surface area contributed by atoms with Gasteiger partial charge in [0, 0.05) is 23.2 Å². The van der Waals surface area contributed by atoms with Gasteiger partial charge in [-0.25, -0.2) is 0 Å². The molecule has 19 heavy (non-hydrogen) atoms. The average Bonchev–Trinajstić information content (AvgIpc) is 2.46. The lowest BCUT2D eigenvalue weighted by atomic mass is 10.0. The Bertz CT molecular complexity index is 738. The predicted molar refractivity (Wildman–Crippen MR) is 80.1 cm³/mol. The van der Waals surface area contributed by atoms with Crippen LogP contribution < -0.4 is 5.73 Å². The maximum absolute atomic E-state index is 6.21. The van der Waals surface area contributed by atoms with Crippen LogP contribution in [0.2, 0.25) is 5.02 Å². The van der Waals surface area contributed by atoms with Crippen molar-refractivity contribution in [2.24, 2.45) is 5.73 Å². The number of pyridine rings is 1. The van der Waals surface area contributed by atoms with Crippen LogP contribution in [0, 0.1) is 0 Å². The Morgan fingerprint density at radius 2 is 1.79 bits per heavy atom. The zero-order chi connectivity index (χ0) is 13.2. The Morgan fingerprint density at radius 1 is 1.00 bits per heavy atom. The summed E-state index contributed by atoms with van der Waals surface area (Å²) in [6, 6.07) is 16.2. The molecule has 2 nitrogen and oxygen atoms in total. The molecule has 3 heteroatoms. The topological polar surface area (TPSA) is 38.9 Å². The zero-order valence-electron chi connectivity index (χ0n) is 10.3. The van der Waals surface area contributed by atoms with Crippen LogP contribution in [0.4, 0.5) is 0 Å². The largest absolute Gasteiger partial charge is 0.326 e. The second-order valence-corrected chi connectivity index (χ2v) is 4.83. The van der Waals surface area contributed by atoms with E-state index in [1.165, 1.54) is 0 Å². The molecular weight excluding hydrogens is 256 g/mol. The summed E-state index contributed by atoms with van der Waals surface area (Å²) in [6.07, 6.45) is 1.80. The van der Waals surface area contributed by atoms with Gasteiger partial charge in [-0.2, -0.15) is 0 Å². The third-order valence-electron chi connectivity index (χ3n) is 3.21. The van der Waals surface area contributed by atoms with Crippen LogP contribution in [0.3, 0.4) is 0 Å². The minimum Gasteiger partial charge on any atom is -0.326 e. The van der Waals surface area contributed by atoms with Crippen molar-refractivity contribution >= 4 is 22.5 Å². The van der Waals surface area contributed by atoms with E-state index in [-0.39, 0.29) is 0 Å². The van der Waals surface area contributed by atoms with Crippen molar-refractivity contribution in [2.75, 3.05) is 0 Å². The van der Waals surface area contributed by atoms with Gasteiger partial charge in [-0.3, -0.25) is 4.98 Å². The second-order valence-electron chi connectivity index (χ2n) is 4.42. The molecule has 0 aliphatic heterocycles. The van der Waals surface area contributed by atoms with Crippen LogP contribution in [0.15, 0.2) is 54.7 Å². The van der Waals surface area contributed by atoms with E-state index in [1.54, 1.807) is 6.20 Å². The Kier molecular flexibility index (Phi) is 3.20. The fraction of sp³-hybridized carbons (Fsp3) is 0.0625. The molecule has 0 amide bonds. The zero-order valence-corrected chi connectivity index (χ0v) is 11.1. The fourth-order valence-corrected chi connectivity index (χ4v) is 2.41. The standard InChI is InChI=1S/C16H13ClN2/c17-15-9-12(3-4-14(15)10-18)11-5-6-16-13(8-11)2-1-7-19-16/h1-9H,10,18H2. The first kappa shape index (κ1) is 12.2. The Morgan fingerprint density at radius 3 is 2.58 bits per heavy atom. The highest BCUT2D eigenvalue weighted by molar-refractivity contribution is 6.31. The lowest BCUT2D eigenvalue weighted by Crippen LogP contribution is -1.96. The lowest BCUT2D eigenvalue weighted by molar-refractivity contribution is 1.07.